The van der Waals surface area contributed by atoms with Crippen LogP contribution in [0, 0.1) is 0 Å². The van der Waals surface area contributed by atoms with Crippen LogP contribution in [0.15, 0.2) is 16.6 Å². The smallest absolute Gasteiger partial charge is 0.166 e. The van der Waals surface area contributed by atoms with Crippen LogP contribution in [0.5, 0.6) is 11.5 Å². The van der Waals surface area contributed by atoms with Crippen LogP contribution in [-0.4, -0.2) is 20.0 Å². The fourth-order valence-electron chi connectivity index (χ4n) is 2.32. The number of hydrogen-bond donors (Lipinski definition) is 0. The lowest BCUT2D eigenvalue weighted by atomic mass is 10.0. The number of ketones is 1. The molecule has 1 rings (SSSR count). The molecule has 0 aliphatic heterocycles. The Balaban J connectivity index is 2.60. The van der Waals surface area contributed by atoms with Crippen molar-refractivity contribution < 1.29 is 14.3 Å². The van der Waals surface area contributed by atoms with Crippen LogP contribution in [0.3, 0.4) is 0 Å². The summed E-state index contributed by atoms with van der Waals surface area (Å²) in [6.07, 6.45) is 7.64. The zero-order valence-corrected chi connectivity index (χ0v) is 14.8. The zero-order valence-electron chi connectivity index (χ0n) is 13.2. The van der Waals surface area contributed by atoms with Crippen LogP contribution in [0.2, 0.25) is 0 Å². The molecule has 0 aliphatic carbocycles. The molecular weight excluding hydrogens is 332 g/mol. The molecule has 0 amide bonds. The third-order valence-corrected chi connectivity index (χ3v) is 4.29. The number of carbonyl (C=O) groups is 1. The van der Waals surface area contributed by atoms with Gasteiger partial charge in [-0.05, 0) is 34.5 Å². The van der Waals surface area contributed by atoms with Crippen molar-refractivity contribution in [1.82, 2.24) is 0 Å². The number of methoxy groups -OCH3 is 2. The molecule has 0 atom stereocenters. The van der Waals surface area contributed by atoms with Crippen molar-refractivity contribution in [2.24, 2.45) is 0 Å². The van der Waals surface area contributed by atoms with Gasteiger partial charge in [-0.3, -0.25) is 4.79 Å². The number of rotatable bonds is 10. The normalized spacial score (nSPS) is 10.5. The second-order valence-corrected chi connectivity index (χ2v) is 5.90. The zero-order chi connectivity index (χ0) is 15.7. The molecule has 0 saturated heterocycles. The summed E-state index contributed by atoms with van der Waals surface area (Å²) < 4.78 is 11.3. The van der Waals surface area contributed by atoms with Crippen molar-refractivity contribution in [3.05, 3.63) is 22.2 Å². The van der Waals surface area contributed by atoms with E-state index in [0.717, 1.165) is 12.8 Å². The van der Waals surface area contributed by atoms with Gasteiger partial charge in [-0.15, -0.1) is 0 Å². The number of ether oxygens (including phenoxy) is 2. The molecule has 0 N–H and O–H groups in total. The average molecular weight is 357 g/mol. The fourth-order valence-corrected chi connectivity index (χ4v) is 2.98. The Hall–Kier alpha value is -1.03. The Morgan fingerprint density at radius 1 is 1.05 bits per heavy atom. The van der Waals surface area contributed by atoms with E-state index in [0.29, 0.717) is 28.0 Å². The standard InChI is InChI=1S/C17H25BrO3/c1-4-5-6-7-8-9-10-14(19)13-11-12-15(20-2)16(18)17(13)21-3/h11-12H,4-10H2,1-3H3. The van der Waals surface area contributed by atoms with Crippen LogP contribution in [0.4, 0.5) is 0 Å². The van der Waals surface area contributed by atoms with E-state index >= 15 is 0 Å². The van der Waals surface area contributed by atoms with E-state index < -0.39 is 0 Å². The lowest BCUT2D eigenvalue weighted by Gasteiger charge is -2.12. The highest BCUT2D eigenvalue weighted by Crippen LogP contribution is 2.37. The first kappa shape index (κ1) is 18.0. The highest BCUT2D eigenvalue weighted by Gasteiger charge is 2.17. The minimum Gasteiger partial charge on any atom is -0.495 e. The molecule has 0 fully saturated rings. The largest absolute Gasteiger partial charge is 0.495 e. The van der Waals surface area contributed by atoms with Gasteiger partial charge in [0, 0.05) is 6.42 Å². The topological polar surface area (TPSA) is 35.5 Å². The molecule has 118 valence electrons. The minimum absolute atomic E-state index is 0.130. The Morgan fingerprint density at radius 2 is 1.71 bits per heavy atom. The van der Waals surface area contributed by atoms with Gasteiger partial charge >= 0.3 is 0 Å². The quantitative estimate of drug-likeness (QED) is 0.415. The van der Waals surface area contributed by atoms with Gasteiger partial charge < -0.3 is 9.47 Å². The van der Waals surface area contributed by atoms with Gasteiger partial charge in [-0.1, -0.05) is 39.0 Å². The number of hydrogen-bond acceptors (Lipinski definition) is 3. The van der Waals surface area contributed by atoms with Crippen molar-refractivity contribution in [2.75, 3.05) is 14.2 Å². The molecule has 0 bridgehead atoms. The van der Waals surface area contributed by atoms with Crippen LogP contribution >= 0.6 is 15.9 Å². The SMILES string of the molecule is CCCCCCCCC(=O)c1ccc(OC)c(Br)c1OC. The summed E-state index contributed by atoms with van der Waals surface area (Å²) in [6.45, 7) is 2.21. The summed E-state index contributed by atoms with van der Waals surface area (Å²) in [5, 5.41) is 0. The van der Waals surface area contributed by atoms with Crippen molar-refractivity contribution in [3.63, 3.8) is 0 Å². The molecule has 4 heteroatoms. The predicted octanol–water partition coefficient (Wildman–Crippen LogP) is 5.40. The van der Waals surface area contributed by atoms with E-state index in [2.05, 4.69) is 22.9 Å². The Labute approximate surface area is 136 Å². The number of benzene rings is 1. The first-order valence-electron chi connectivity index (χ1n) is 7.59. The van der Waals surface area contributed by atoms with Gasteiger partial charge in [-0.2, -0.15) is 0 Å². The summed E-state index contributed by atoms with van der Waals surface area (Å²) >= 11 is 3.43. The van der Waals surface area contributed by atoms with E-state index in [1.165, 1.54) is 25.7 Å². The lowest BCUT2D eigenvalue weighted by Crippen LogP contribution is -2.03. The van der Waals surface area contributed by atoms with Crippen molar-refractivity contribution in [2.45, 2.75) is 51.9 Å². The van der Waals surface area contributed by atoms with Crippen molar-refractivity contribution in [3.8, 4) is 11.5 Å². The van der Waals surface area contributed by atoms with Gasteiger partial charge in [-0.25, -0.2) is 0 Å². The van der Waals surface area contributed by atoms with Gasteiger partial charge in [0.15, 0.2) is 5.78 Å². The molecule has 1 aromatic rings. The van der Waals surface area contributed by atoms with Crippen molar-refractivity contribution >= 4 is 21.7 Å². The predicted molar refractivity (Wildman–Crippen MR) is 89.6 cm³/mol. The second kappa shape index (κ2) is 9.82. The van der Waals surface area contributed by atoms with E-state index in [9.17, 15) is 4.79 Å². The first-order chi connectivity index (χ1) is 10.2. The molecule has 0 aromatic heterocycles. The van der Waals surface area contributed by atoms with Gasteiger partial charge in [0.2, 0.25) is 0 Å². The molecule has 1 aromatic carbocycles. The number of unbranched alkanes of at least 4 members (excludes halogenated alkanes) is 5. The van der Waals surface area contributed by atoms with Crippen LogP contribution in [0.25, 0.3) is 0 Å². The molecular formula is C17H25BrO3. The molecule has 0 saturated carbocycles. The summed E-state index contributed by atoms with van der Waals surface area (Å²) in [5.41, 5.74) is 0.624. The summed E-state index contributed by atoms with van der Waals surface area (Å²) in [6, 6.07) is 3.57. The highest BCUT2D eigenvalue weighted by atomic mass is 79.9. The molecule has 3 nitrogen and oxygen atoms in total. The molecule has 0 unspecified atom stereocenters. The first-order valence-corrected chi connectivity index (χ1v) is 8.38. The van der Waals surface area contributed by atoms with Gasteiger partial charge in [0.1, 0.15) is 16.0 Å². The van der Waals surface area contributed by atoms with E-state index in [4.69, 9.17) is 9.47 Å². The summed E-state index contributed by atoms with van der Waals surface area (Å²) in [4.78, 5) is 12.3. The van der Waals surface area contributed by atoms with E-state index in [1.807, 2.05) is 0 Å². The molecule has 0 radical (unpaired) electrons. The van der Waals surface area contributed by atoms with Crippen molar-refractivity contribution in [1.29, 1.82) is 0 Å². The molecule has 0 spiro atoms. The maximum atomic E-state index is 12.3. The Morgan fingerprint density at radius 3 is 2.33 bits per heavy atom. The Kier molecular flexibility index (Phi) is 8.43. The minimum atomic E-state index is 0.130. The third-order valence-electron chi connectivity index (χ3n) is 3.54. The number of Topliss-reactive ketones (excluding diaryl/α,β-unsaturated/α-hetero) is 1. The van der Waals surface area contributed by atoms with Gasteiger partial charge in [0.05, 0.1) is 19.8 Å². The average Bonchev–Trinajstić information content (AvgIpc) is 2.50. The third kappa shape index (κ3) is 5.34. The van der Waals surface area contributed by atoms with Crippen LogP contribution in [0.1, 0.15) is 62.2 Å². The molecule has 21 heavy (non-hydrogen) atoms. The second-order valence-electron chi connectivity index (χ2n) is 5.10. The number of carbonyl (C=O) groups excluding carboxylic acids is 1. The monoisotopic (exact) mass is 356 g/mol. The summed E-state index contributed by atoms with van der Waals surface area (Å²) in [5.74, 6) is 1.36. The molecule has 0 heterocycles. The van der Waals surface area contributed by atoms with E-state index in [1.54, 1.807) is 26.4 Å². The maximum Gasteiger partial charge on any atom is 0.166 e. The van der Waals surface area contributed by atoms with E-state index in [-0.39, 0.29) is 5.78 Å². The molecule has 0 aliphatic rings. The maximum absolute atomic E-state index is 12.3. The Bertz CT molecular complexity index is 458. The summed E-state index contributed by atoms with van der Waals surface area (Å²) in [7, 11) is 3.17. The van der Waals surface area contributed by atoms with Crippen LogP contribution < -0.4 is 9.47 Å². The highest BCUT2D eigenvalue weighted by molar-refractivity contribution is 9.10. The lowest BCUT2D eigenvalue weighted by molar-refractivity contribution is 0.0976. The van der Waals surface area contributed by atoms with Crippen LogP contribution in [-0.2, 0) is 0 Å². The fraction of sp³-hybridized carbons (Fsp3) is 0.588. The van der Waals surface area contributed by atoms with Gasteiger partial charge in [0.25, 0.3) is 0 Å². The number of halogens is 1.